The number of aromatic carboxylic acids is 1. The number of fused-ring (bicyclic) bond motifs is 3. The molecule has 1 heterocycles. The summed E-state index contributed by atoms with van der Waals surface area (Å²) in [6.45, 7) is 0.238. The van der Waals surface area contributed by atoms with Crippen LogP contribution in [0.25, 0.3) is 11.1 Å². The van der Waals surface area contributed by atoms with Crippen molar-refractivity contribution < 1.29 is 24.2 Å². The zero-order valence-electron chi connectivity index (χ0n) is 19.2. The zero-order chi connectivity index (χ0) is 24.5. The highest BCUT2D eigenvalue weighted by Gasteiger charge is 2.33. The van der Waals surface area contributed by atoms with Crippen LogP contribution in [-0.2, 0) is 16.6 Å². The summed E-state index contributed by atoms with van der Waals surface area (Å²) >= 11 is 0. The van der Waals surface area contributed by atoms with Crippen LogP contribution in [0.15, 0.2) is 54.6 Å². The van der Waals surface area contributed by atoms with E-state index in [1.54, 1.807) is 0 Å². The van der Waals surface area contributed by atoms with Crippen LogP contribution in [0.4, 0.5) is 10.6 Å². The van der Waals surface area contributed by atoms with Crippen molar-refractivity contribution in [3.8, 4) is 11.1 Å². The largest absolute Gasteiger partial charge is 0.477 e. The molecule has 0 aliphatic heterocycles. The van der Waals surface area contributed by atoms with Crippen LogP contribution in [-0.4, -0.2) is 45.5 Å². The zero-order valence-corrected chi connectivity index (χ0v) is 19.2. The minimum Gasteiger partial charge on any atom is -0.477 e. The summed E-state index contributed by atoms with van der Waals surface area (Å²) in [6, 6.07) is 17.5. The third kappa shape index (κ3) is 4.49. The number of hydrogen-bond donors (Lipinski definition) is 3. The summed E-state index contributed by atoms with van der Waals surface area (Å²) in [6.07, 6.45) is 1.26. The monoisotopic (exact) mass is 474 g/mol. The predicted molar refractivity (Wildman–Crippen MR) is 128 cm³/mol. The Bertz CT molecular complexity index is 1250. The molecule has 9 nitrogen and oxygen atoms in total. The van der Waals surface area contributed by atoms with E-state index in [2.05, 4.69) is 40.0 Å². The van der Waals surface area contributed by atoms with E-state index in [0.717, 1.165) is 11.1 Å². The molecule has 2 unspecified atom stereocenters. The number of nitrogens with one attached hydrogen (secondary N) is 2. The number of anilines is 1. The summed E-state index contributed by atoms with van der Waals surface area (Å²) in [5, 5.41) is 18.7. The fourth-order valence-electron chi connectivity index (χ4n) is 5.11. The highest BCUT2D eigenvalue weighted by molar-refractivity contribution is 5.94. The molecule has 2 aliphatic rings. The average Bonchev–Trinajstić information content (AvgIpc) is 3.54. The van der Waals surface area contributed by atoms with Gasteiger partial charge in [0, 0.05) is 31.0 Å². The van der Waals surface area contributed by atoms with E-state index >= 15 is 0 Å². The first-order valence-corrected chi connectivity index (χ1v) is 11.6. The lowest BCUT2D eigenvalue weighted by molar-refractivity contribution is -0.119. The number of benzene rings is 2. The maximum Gasteiger partial charge on any atom is 0.407 e. The number of carboxylic acid groups (broad SMARTS) is 1. The first-order chi connectivity index (χ1) is 16.9. The molecule has 3 aromatic rings. The molecule has 0 radical (unpaired) electrons. The smallest absolute Gasteiger partial charge is 0.407 e. The van der Waals surface area contributed by atoms with Crippen LogP contribution in [0.1, 0.15) is 46.8 Å². The second-order valence-electron chi connectivity index (χ2n) is 9.01. The summed E-state index contributed by atoms with van der Waals surface area (Å²) in [5.74, 6) is -1.47. The van der Waals surface area contributed by atoms with E-state index < -0.39 is 12.1 Å². The molecule has 0 spiro atoms. The lowest BCUT2D eigenvalue weighted by atomic mass is 9.98. The minimum absolute atomic E-state index is 0.00989. The number of nitrogens with zero attached hydrogens (tertiary/aromatic N) is 2. The molecule has 9 heteroatoms. The Morgan fingerprint density at radius 2 is 1.71 bits per heavy atom. The first kappa shape index (κ1) is 22.6. The van der Waals surface area contributed by atoms with Crippen molar-refractivity contribution in [2.45, 2.75) is 31.2 Å². The molecule has 2 atom stereocenters. The topological polar surface area (TPSA) is 123 Å². The number of amides is 2. The van der Waals surface area contributed by atoms with Crippen molar-refractivity contribution in [1.29, 1.82) is 0 Å². The standard InChI is InChI=1S/C26H26N4O5/c1-30-22(25(32)33)13-23(29-30)28-24(31)15-10-11-16(12-15)27-26(34)35-14-21-19-8-4-2-6-17(19)18-7-3-5-9-20(18)21/h2-9,13,15-16,21H,10-12,14H2,1H3,(H,27,34)(H,32,33)(H,28,29,31). The molecule has 5 rings (SSSR count). The molecule has 2 aromatic carbocycles. The van der Waals surface area contributed by atoms with Gasteiger partial charge in [-0.25, -0.2) is 9.59 Å². The number of carboxylic acids is 1. The van der Waals surface area contributed by atoms with Gasteiger partial charge in [0.15, 0.2) is 5.82 Å². The van der Waals surface area contributed by atoms with E-state index in [0.29, 0.717) is 19.3 Å². The molecule has 0 bridgehead atoms. The molecule has 1 fully saturated rings. The van der Waals surface area contributed by atoms with E-state index in [-0.39, 0.29) is 41.9 Å². The van der Waals surface area contributed by atoms with Crippen LogP contribution < -0.4 is 10.6 Å². The van der Waals surface area contributed by atoms with E-state index in [1.165, 1.54) is 28.9 Å². The predicted octanol–water partition coefficient (Wildman–Crippen LogP) is 3.76. The Hall–Kier alpha value is -4.14. The second kappa shape index (κ2) is 9.25. The maximum absolute atomic E-state index is 12.6. The quantitative estimate of drug-likeness (QED) is 0.500. The third-order valence-electron chi connectivity index (χ3n) is 6.82. The van der Waals surface area contributed by atoms with Gasteiger partial charge in [0.05, 0.1) is 0 Å². The summed E-state index contributed by atoms with van der Waals surface area (Å²) in [7, 11) is 1.50. The van der Waals surface area contributed by atoms with Gasteiger partial charge >= 0.3 is 12.1 Å². The lowest BCUT2D eigenvalue weighted by Gasteiger charge is -2.17. The molecule has 35 heavy (non-hydrogen) atoms. The Morgan fingerprint density at radius 3 is 2.34 bits per heavy atom. The van der Waals surface area contributed by atoms with Gasteiger partial charge in [0.25, 0.3) is 0 Å². The maximum atomic E-state index is 12.6. The highest BCUT2D eigenvalue weighted by Crippen LogP contribution is 2.44. The molecular weight excluding hydrogens is 448 g/mol. The van der Waals surface area contributed by atoms with Crippen molar-refractivity contribution in [1.82, 2.24) is 15.1 Å². The Labute approximate surface area is 202 Å². The van der Waals surface area contributed by atoms with Gasteiger partial charge in [-0.3, -0.25) is 9.48 Å². The number of carbonyl (C=O) groups excluding carboxylic acids is 2. The summed E-state index contributed by atoms with van der Waals surface area (Å²) in [4.78, 5) is 36.3. The van der Waals surface area contributed by atoms with Gasteiger partial charge in [-0.1, -0.05) is 48.5 Å². The van der Waals surface area contributed by atoms with Gasteiger partial charge in [-0.15, -0.1) is 0 Å². The molecular formula is C26H26N4O5. The average molecular weight is 475 g/mol. The lowest BCUT2D eigenvalue weighted by Crippen LogP contribution is -2.35. The Kier molecular flexibility index (Phi) is 5.98. The highest BCUT2D eigenvalue weighted by atomic mass is 16.5. The third-order valence-corrected chi connectivity index (χ3v) is 6.82. The van der Waals surface area contributed by atoms with E-state index in [4.69, 9.17) is 9.84 Å². The number of aryl methyl sites for hydroxylation is 1. The molecule has 2 amide bonds. The van der Waals surface area contributed by atoms with Crippen LogP contribution in [0.3, 0.4) is 0 Å². The number of alkyl carbamates (subject to hydrolysis) is 1. The number of rotatable bonds is 6. The van der Waals surface area contributed by atoms with Gasteiger partial charge < -0.3 is 20.5 Å². The molecule has 1 aromatic heterocycles. The molecule has 3 N–H and O–H groups in total. The molecule has 0 saturated heterocycles. The second-order valence-corrected chi connectivity index (χ2v) is 9.01. The van der Waals surface area contributed by atoms with Gasteiger partial charge in [0.2, 0.25) is 5.91 Å². The normalized spacial score (nSPS) is 18.5. The number of carbonyl (C=O) groups is 3. The van der Waals surface area contributed by atoms with Crippen molar-refractivity contribution in [2.24, 2.45) is 13.0 Å². The van der Waals surface area contributed by atoms with Crippen molar-refractivity contribution in [3.63, 3.8) is 0 Å². The Morgan fingerprint density at radius 1 is 1.06 bits per heavy atom. The first-order valence-electron chi connectivity index (χ1n) is 11.6. The fraction of sp³-hybridized carbons (Fsp3) is 0.308. The van der Waals surface area contributed by atoms with Crippen molar-refractivity contribution in [3.05, 3.63) is 71.4 Å². The van der Waals surface area contributed by atoms with E-state index in [1.807, 2.05) is 24.3 Å². The SMILES string of the molecule is Cn1nc(NC(=O)C2CCC(NC(=O)OCC3c4ccccc4-c4ccccc43)C2)cc1C(=O)O. The van der Waals surface area contributed by atoms with Gasteiger partial charge in [-0.2, -0.15) is 5.10 Å². The van der Waals surface area contributed by atoms with Crippen molar-refractivity contribution in [2.75, 3.05) is 11.9 Å². The van der Waals surface area contributed by atoms with Gasteiger partial charge in [-0.05, 0) is 41.5 Å². The van der Waals surface area contributed by atoms with Crippen LogP contribution in [0.2, 0.25) is 0 Å². The number of hydrogen-bond acceptors (Lipinski definition) is 5. The fourth-order valence-corrected chi connectivity index (χ4v) is 5.11. The van der Waals surface area contributed by atoms with Gasteiger partial charge in [0.1, 0.15) is 12.3 Å². The Balaban J connectivity index is 1.14. The minimum atomic E-state index is -1.12. The molecule has 2 aliphatic carbocycles. The molecule has 180 valence electrons. The summed E-state index contributed by atoms with van der Waals surface area (Å²) < 4.78 is 6.81. The number of ether oxygens (including phenoxy) is 1. The number of aromatic nitrogens is 2. The van der Waals surface area contributed by atoms with E-state index in [9.17, 15) is 14.4 Å². The summed E-state index contributed by atoms with van der Waals surface area (Å²) in [5.41, 5.74) is 4.64. The molecule has 1 saturated carbocycles. The van der Waals surface area contributed by atoms with Crippen LogP contribution in [0.5, 0.6) is 0 Å². The van der Waals surface area contributed by atoms with Crippen LogP contribution >= 0.6 is 0 Å². The van der Waals surface area contributed by atoms with Crippen LogP contribution in [0, 0.1) is 5.92 Å². The van der Waals surface area contributed by atoms with Crippen molar-refractivity contribution >= 4 is 23.8 Å².